The van der Waals surface area contributed by atoms with Crippen LogP contribution < -0.4 is 11.5 Å². The Bertz CT molecular complexity index is 382. The molecule has 0 spiro atoms. The number of nitrogens with zero attached hydrogens (tertiary/aromatic N) is 1. The molecular weight excluding hydrogens is 270 g/mol. The van der Waals surface area contributed by atoms with Crippen molar-refractivity contribution in [2.45, 2.75) is 52.3 Å². The maximum Gasteiger partial charge on any atom is 0.242 e. The second-order valence-corrected chi connectivity index (χ2v) is 5.84. The van der Waals surface area contributed by atoms with E-state index in [9.17, 15) is 14.7 Å². The number of carbonyl (C=O) groups is 2. The van der Waals surface area contributed by atoms with Crippen LogP contribution in [-0.2, 0) is 9.59 Å². The number of amides is 2. The molecule has 0 radical (unpaired) electrons. The van der Waals surface area contributed by atoms with Gasteiger partial charge in [0.2, 0.25) is 11.8 Å². The Labute approximate surface area is 127 Å². The van der Waals surface area contributed by atoms with Gasteiger partial charge in [0, 0.05) is 7.05 Å². The van der Waals surface area contributed by atoms with E-state index in [0.717, 1.165) is 0 Å². The zero-order chi connectivity index (χ0) is 16.7. The van der Waals surface area contributed by atoms with Crippen molar-refractivity contribution in [1.29, 1.82) is 0 Å². The van der Waals surface area contributed by atoms with Gasteiger partial charge in [-0.3, -0.25) is 9.59 Å². The molecule has 0 bridgehead atoms. The Hall–Kier alpha value is -1.40. The third-order valence-electron chi connectivity index (χ3n) is 3.71. The van der Waals surface area contributed by atoms with Crippen LogP contribution in [0.1, 0.15) is 34.1 Å². The number of hydrogen-bond donors (Lipinski definition) is 3. The lowest BCUT2D eigenvalue weighted by Gasteiger charge is -2.34. The van der Waals surface area contributed by atoms with Crippen LogP contribution in [0.4, 0.5) is 0 Å². The van der Waals surface area contributed by atoms with Crippen molar-refractivity contribution in [2.75, 3.05) is 7.05 Å². The Morgan fingerprint density at radius 2 is 1.81 bits per heavy atom. The van der Waals surface area contributed by atoms with Crippen LogP contribution >= 0.6 is 0 Å². The molecule has 122 valence electrons. The first-order valence-electron chi connectivity index (χ1n) is 7.25. The lowest BCUT2D eigenvalue weighted by molar-refractivity contribution is -0.144. The van der Waals surface area contributed by atoms with Crippen LogP contribution in [-0.4, -0.2) is 47.1 Å². The quantitative estimate of drug-likeness (QED) is 0.558. The third kappa shape index (κ3) is 5.47. The summed E-state index contributed by atoms with van der Waals surface area (Å²) in [6.45, 7) is 7.32. The van der Waals surface area contributed by atoms with Crippen molar-refractivity contribution in [3.8, 4) is 0 Å². The highest BCUT2D eigenvalue weighted by molar-refractivity contribution is 5.89. The van der Waals surface area contributed by atoms with Gasteiger partial charge in [-0.25, -0.2) is 0 Å². The van der Waals surface area contributed by atoms with Gasteiger partial charge >= 0.3 is 0 Å². The molecule has 0 rings (SSSR count). The molecule has 0 aromatic heterocycles. The number of carbonyl (C=O) groups excluding carboxylic acids is 2. The first-order chi connectivity index (χ1) is 9.64. The fraction of sp³-hybridized carbons (Fsp3) is 0.733. The predicted molar refractivity (Wildman–Crippen MR) is 83.2 cm³/mol. The van der Waals surface area contributed by atoms with Crippen LogP contribution in [0.5, 0.6) is 0 Å². The number of likely N-dealkylation sites (N-methyl/N-ethyl adjacent to an activating group) is 1. The van der Waals surface area contributed by atoms with Crippen molar-refractivity contribution in [3.63, 3.8) is 0 Å². The van der Waals surface area contributed by atoms with Gasteiger partial charge in [-0.1, -0.05) is 32.9 Å². The minimum atomic E-state index is -1.08. The Kier molecular flexibility index (Phi) is 8.21. The lowest BCUT2D eigenvalue weighted by Crippen LogP contribution is -2.58. The average molecular weight is 299 g/mol. The van der Waals surface area contributed by atoms with E-state index in [1.807, 2.05) is 32.9 Å². The van der Waals surface area contributed by atoms with Crippen LogP contribution in [0.3, 0.4) is 0 Å². The molecule has 2 amide bonds. The van der Waals surface area contributed by atoms with Gasteiger partial charge in [-0.05, 0) is 25.2 Å². The number of allylic oxidation sites excluding steroid dienone is 2. The SMILES string of the molecule is C/C=C/C[C@@H](C)[C@@H](O)[C@@H](C(N)=O)N(C)C(=O)[C@H](N)C(C)C. The fourth-order valence-electron chi connectivity index (χ4n) is 2.05. The smallest absolute Gasteiger partial charge is 0.242 e. The molecule has 6 heteroatoms. The predicted octanol–water partition coefficient (Wildman–Crippen LogP) is 0.245. The molecule has 6 nitrogen and oxygen atoms in total. The molecule has 5 N–H and O–H groups in total. The Balaban J connectivity index is 5.13. The molecule has 0 aliphatic heterocycles. The highest BCUT2D eigenvalue weighted by Crippen LogP contribution is 2.17. The average Bonchev–Trinajstić information content (AvgIpc) is 2.42. The summed E-state index contributed by atoms with van der Waals surface area (Å²) in [5, 5.41) is 10.3. The van der Waals surface area contributed by atoms with Crippen molar-refractivity contribution < 1.29 is 14.7 Å². The van der Waals surface area contributed by atoms with Crippen molar-refractivity contribution >= 4 is 11.8 Å². The maximum absolute atomic E-state index is 12.2. The number of nitrogens with two attached hydrogens (primary N) is 2. The van der Waals surface area contributed by atoms with Crippen molar-refractivity contribution in [1.82, 2.24) is 4.90 Å². The largest absolute Gasteiger partial charge is 0.390 e. The summed E-state index contributed by atoms with van der Waals surface area (Å²) in [6.07, 6.45) is 3.33. The number of rotatable bonds is 8. The fourth-order valence-corrected chi connectivity index (χ4v) is 2.05. The topological polar surface area (TPSA) is 110 Å². The van der Waals surface area contributed by atoms with E-state index >= 15 is 0 Å². The third-order valence-corrected chi connectivity index (χ3v) is 3.71. The summed E-state index contributed by atoms with van der Waals surface area (Å²) in [7, 11) is 1.45. The zero-order valence-corrected chi connectivity index (χ0v) is 13.6. The van der Waals surface area contributed by atoms with Crippen molar-refractivity contribution in [3.05, 3.63) is 12.2 Å². The second-order valence-electron chi connectivity index (χ2n) is 5.84. The molecule has 4 atom stereocenters. The molecule has 0 aromatic rings. The number of primary amides is 1. The van der Waals surface area contributed by atoms with Gasteiger partial charge in [0.1, 0.15) is 6.04 Å². The van der Waals surface area contributed by atoms with E-state index < -0.39 is 30.0 Å². The van der Waals surface area contributed by atoms with E-state index in [0.29, 0.717) is 6.42 Å². The molecule has 0 aliphatic carbocycles. The summed E-state index contributed by atoms with van der Waals surface area (Å²) >= 11 is 0. The molecule has 21 heavy (non-hydrogen) atoms. The molecule has 0 aliphatic rings. The highest BCUT2D eigenvalue weighted by atomic mass is 16.3. The van der Waals surface area contributed by atoms with Crippen LogP contribution in [0.15, 0.2) is 12.2 Å². The monoisotopic (exact) mass is 299 g/mol. The summed E-state index contributed by atoms with van der Waals surface area (Å²) in [4.78, 5) is 25.1. The number of hydrogen-bond acceptors (Lipinski definition) is 4. The van der Waals surface area contributed by atoms with Gasteiger partial charge in [0.25, 0.3) is 0 Å². The normalized spacial score (nSPS) is 17.5. The second kappa shape index (κ2) is 8.79. The van der Waals surface area contributed by atoms with E-state index in [4.69, 9.17) is 11.5 Å². The van der Waals surface area contributed by atoms with Crippen LogP contribution in [0.25, 0.3) is 0 Å². The number of aliphatic hydroxyl groups is 1. The molecular formula is C15H29N3O3. The van der Waals surface area contributed by atoms with Gasteiger partial charge in [-0.15, -0.1) is 0 Å². The van der Waals surface area contributed by atoms with Gasteiger partial charge in [-0.2, -0.15) is 0 Å². The van der Waals surface area contributed by atoms with E-state index in [1.54, 1.807) is 6.92 Å². The first kappa shape index (κ1) is 19.6. The Morgan fingerprint density at radius 1 is 1.29 bits per heavy atom. The molecule has 0 aromatic carbocycles. The Morgan fingerprint density at radius 3 is 2.19 bits per heavy atom. The molecule has 0 heterocycles. The lowest BCUT2D eigenvalue weighted by atomic mass is 9.92. The van der Waals surface area contributed by atoms with Crippen LogP contribution in [0.2, 0.25) is 0 Å². The summed E-state index contributed by atoms with van der Waals surface area (Å²) in [6, 6.07) is -1.81. The molecule has 0 saturated heterocycles. The van der Waals surface area contributed by atoms with E-state index in [2.05, 4.69) is 0 Å². The van der Waals surface area contributed by atoms with Crippen LogP contribution in [0, 0.1) is 11.8 Å². The summed E-state index contributed by atoms with van der Waals surface area (Å²) < 4.78 is 0. The van der Waals surface area contributed by atoms with Crippen molar-refractivity contribution in [2.24, 2.45) is 23.3 Å². The van der Waals surface area contributed by atoms with Gasteiger partial charge in [0.05, 0.1) is 12.1 Å². The van der Waals surface area contributed by atoms with E-state index in [1.165, 1.54) is 11.9 Å². The maximum atomic E-state index is 12.2. The minimum Gasteiger partial charge on any atom is -0.390 e. The standard InChI is InChI=1S/C15H29N3O3/c1-6-7-8-10(4)13(19)12(14(17)20)18(5)15(21)11(16)9(2)3/h6-7,9-13,19H,8,16H2,1-5H3,(H2,17,20)/b7-6+/t10-,11-,12+,13-/m1/s1. The van der Waals surface area contributed by atoms with Gasteiger partial charge in [0.15, 0.2) is 0 Å². The highest BCUT2D eigenvalue weighted by Gasteiger charge is 2.36. The number of aliphatic hydroxyl groups excluding tert-OH is 1. The zero-order valence-electron chi connectivity index (χ0n) is 13.6. The molecule has 0 fully saturated rings. The summed E-state index contributed by atoms with van der Waals surface area (Å²) in [5.74, 6) is -1.40. The molecule has 0 unspecified atom stereocenters. The molecule has 0 saturated carbocycles. The summed E-state index contributed by atoms with van der Waals surface area (Å²) in [5.41, 5.74) is 11.2. The first-order valence-corrected chi connectivity index (χ1v) is 7.25. The van der Waals surface area contributed by atoms with Gasteiger partial charge < -0.3 is 21.5 Å². The minimum absolute atomic E-state index is 0.0638. The van der Waals surface area contributed by atoms with E-state index in [-0.39, 0.29) is 11.8 Å².